The summed E-state index contributed by atoms with van der Waals surface area (Å²) in [5, 5.41) is 15.3. The Balaban J connectivity index is 1.82. The number of H-pyrrole nitrogens is 1. The van der Waals surface area contributed by atoms with E-state index in [0.29, 0.717) is 27.2 Å². The molecule has 0 unspecified atom stereocenters. The van der Waals surface area contributed by atoms with E-state index in [4.69, 9.17) is 16.7 Å². The molecule has 0 saturated heterocycles. The number of nitrogens with one attached hydrogen (secondary N) is 3. The van der Waals surface area contributed by atoms with Gasteiger partial charge in [-0.15, -0.1) is 0 Å². The number of aromatic nitrogens is 1. The molecule has 0 saturated carbocycles. The maximum atomic E-state index is 12.1. The van der Waals surface area contributed by atoms with Crippen molar-refractivity contribution in [1.82, 2.24) is 10.3 Å². The fourth-order valence-corrected chi connectivity index (χ4v) is 3.05. The lowest BCUT2D eigenvalue weighted by atomic mass is 10.1. The van der Waals surface area contributed by atoms with Crippen LogP contribution in [0.15, 0.2) is 51.7 Å². The summed E-state index contributed by atoms with van der Waals surface area (Å²) < 4.78 is 0.892. The Morgan fingerprint density at radius 1 is 1.15 bits per heavy atom. The molecule has 0 atom stereocenters. The van der Waals surface area contributed by atoms with Crippen LogP contribution in [0.2, 0.25) is 5.02 Å². The predicted octanol–water partition coefficient (Wildman–Crippen LogP) is 3.96. The van der Waals surface area contributed by atoms with Crippen molar-refractivity contribution < 1.29 is 14.7 Å². The van der Waals surface area contributed by atoms with E-state index >= 15 is 0 Å². The first-order valence-corrected chi connectivity index (χ1v) is 8.90. The molecule has 0 aliphatic rings. The van der Waals surface area contributed by atoms with Crippen LogP contribution < -0.4 is 16.2 Å². The molecule has 27 heavy (non-hydrogen) atoms. The number of anilines is 1. The van der Waals surface area contributed by atoms with Gasteiger partial charge in [-0.2, -0.15) is 0 Å². The number of carboxylic acids is 1. The van der Waals surface area contributed by atoms with Gasteiger partial charge in [0.15, 0.2) is 0 Å². The highest BCUT2D eigenvalue weighted by Gasteiger charge is 2.13. The number of rotatable bonds is 4. The normalized spacial score (nSPS) is 10.6. The number of halogens is 2. The van der Waals surface area contributed by atoms with Crippen molar-refractivity contribution >= 4 is 56.1 Å². The van der Waals surface area contributed by atoms with Crippen LogP contribution in [0.3, 0.4) is 0 Å². The molecule has 1 aromatic heterocycles. The van der Waals surface area contributed by atoms with Crippen molar-refractivity contribution in [3.05, 3.63) is 73.4 Å². The zero-order valence-electron chi connectivity index (χ0n) is 13.7. The highest BCUT2D eigenvalue weighted by Crippen LogP contribution is 2.22. The number of pyridine rings is 1. The van der Waals surface area contributed by atoms with Crippen molar-refractivity contribution in [1.29, 1.82) is 0 Å². The lowest BCUT2D eigenvalue weighted by molar-refractivity contribution is 0.0695. The summed E-state index contributed by atoms with van der Waals surface area (Å²) in [6, 6.07) is 11.0. The Hall–Kier alpha value is -2.84. The van der Waals surface area contributed by atoms with E-state index in [0.717, 1.165) is 4.47 Å². The molecule has 7 nitrogen and oxygen atoms in total. The minimum atomic E-state index is -1.33. The summed E-state index contributed by atoms with van der Waals surface area (Å²) in [5.41, 5.74) is 0.483. The maximum Gasteiger partial charge on any atom is 0.341 e. The Bertz CT molecular complexity index is 1100. The van der Waals surface area contributed by atoms with Crippen molar-refractivity contribution in [2.45, 2.75) is 6.54 Å². The van der Waals surface area contributed by atoms with Crippen LogP contribution in [-0.4, -0.2) is 22.1 Å². The van der Waals surface area contributed by atoms with Gasteiger partial charge in [-0.3, -0.25) is 4.79 Å². The largest absolute Gasteiger partial charge is 0.477 e. The molecule has 0 aliphatic heterocycles. The summed E-state index contributed by atoms with van der Waals surface area (Å²) in [6.45, 7) is 0.0851. The van der Waals surface area contributed by atoms with Gasteiger partial charge in [-0.05, 0) is 48.0 Å². The third-order valence-corrected chi connectivity index (χ3v) is 4.52. The number of aromatic carboxylic acids is 1. The molecule has 4 N–H and O–H groups in total. The third kappa shape index (κ3) is 4.47. The highest BCUT2D eigenvalue weighted by atomic mass is 79.9. The molecular weight excluding hydrogens is 438 g/mol. The SMILES string of the molecule is O=C(NCc1cc(Cl)cc2cc(C(=O)O)c(=O)[nH]c12)Nc1ccc(Br)cc1. The maximum absolute atomic E-state index is 12.1. The number of carbonyl (C=O) groups excluding carboxylic acids is 1. The Morgan fingerprint density at radius 2 is 1.85 bits per heavy atom. The van der Waals surface area contributed by atoms with E-state index in [1.807, 2.05) is 0 Å². The number of hydrogen-bond donors (Lipinski definition) is 4. The monoisotopic (exact) mass is 449 g/mol. The molecule has 0 radical (unpaired) electrons. The second-order valence-corrected chi connectivity index (χ2v) is 7.01. The highest BCUT2D eigenvalue weighted by molar-refractivity contribution is 9.10. The minimum absolute atomic E-state index is 0.0851. The smallest absolute Gasteiger partial charge is 0.341 e. The quantitative estimate of drug-likeness (QED) is 0.482. The molecule has 1 heterocycles. The van der Waals surface area contributed by atoms with Gasteiger partial charge in [0.2, 0.25) is 0 Å². The second kappa shape index (κ2) is 7.81. The average Bonchev–Trinajstić information content (AvgIpc) is 2.61. The zero-order chi connectivity index (χ0) is 19.6. The standard InChI is InChI=1S/C18H13BrClN3O4/c19-11-1-3-13(4-2-11)22-18(27)21-8-10-6-12(20)5-9-7-14(17(25)26)16(24)23-15(9)10/h1-7H,8H2,(H,23,24)(H,25,26)(H2,21,22,27). The van der Waals surface area contributed by atoms with Gasteiger partial charge in [-0.1, -0.05) is 27.5 Å². The number of hydrogen-bond acceptors (Lipinski definition) is 3. The molecule has 0 bridgehead atoms. The summed E-state index contributed by atoms with van der Waals surface area (Å²) in [5.74, 6) is -1.33. The van der Waals surface area contributed by atoms with Crippen LogP contribution in [0.4, 0.5) is 10.5 Å². The number of carbonyl (C=O) groups is 2. The van der Waals surface area contributed by atoms with E-state index in [9.17, 15) is 14.4 Å². The van der Waals surface area contributed by atoms with Gasteiger partial charge >= 0.3 is 12.0 Å². The summed E-state index contributed by atoms with van der Waals surface area (Å²) in [6.07, 6.45) is 0. The minimum Gasteiger partial charge on any atom is -0.477 e. The Labute approximate surface area is 166 Å². The third-order valence-electron chi connectivity index (χ3n) is 3.77. The Morgan fingerprint density at radius 3 is 2.52 bits per heavy atom. The fourth-order valence-electron chi connectivity index (χ4n) is 2.54. The first kappa shape index (κ1) is 18.9. The predicted molar refractivity (Wildman–Crippen MR) is 107 cm³/mol. The molecule has 2 aromatic carbocycles. The van der Waals surface area contributed by atoms with Crippen LogP contribution in [0.5, 0.6) is 0 Å². The number of urea groups is 1. The molecule has 9 heteroatoms. The lowest BCUT2D eigenvalue weighted by Crippen LogP contribution is -2.28. The number of fused-ring (bicyclic) bond motifs is 1. The first-order valence-electron chi connectivity index (χ1n) is 7.72. The Kier molecular flexibility index (Phi) is 5.48. The summed E-state index contributed by atoms with van der Waals surface area (Å²) >= 11 is 9.40. The van der Waals surface area contributed by atoms with E-state index in [1.54, 1.807) is 36.4 Å². The van der Waals surface area contributed by atoms with Crippen LogP contribution in [-0.2, 0) is 6.54 Å². The van der Waals surface area contributed by atoms with Gasteiger partial charge in [-0.25, -0.2) is 9.59 Å². The van der Waals surface area contributed by atoms with Crippen molar-refractivity contribution in [3.8, 4) is 0 Å². The fraction of sp³-hybridized carbons (Fsp3) is 0.0556. The molecule has 0 spiro atoms. The first-order chi connectivity index (χ1) is 12.8. The number of aromatic amines is 1. The molecule has 0 fully saturated rings. The van der Waals surface area contributed by atoms with Crippen molar-refractivity contribution in [2.24, 2.45) is 0 Å². The van der Waals surface area contributed by atoms with Crippen molar-refractivity contribution in [3.63, 3.8) is 0 Å². The molecule has 3 aromatic rings. The van der Waals surface area contributed by atoms with E-state index in [1.165, 1.54) is 6.07 Å². The van der Waals surface area contributed by atoms with Crippen LogP contribution in [0.1, 0.15) is 15.9 Å². The van der Waals surface area contributed by atoms with Gasteiger partial charge in [0.05, 0.1) is 5.52 Å². The van der Waals surface area contributed by atoms with Crippen LogP contribution in [0.25, 0.3) is 10.9 Å². The zero-order valence-corrected chi connectivity index (χ0v) is 16.0. The molecule has 138 valence electrons. The van der Waals surface area contributed by atoms with Crippen LogP contribution >= 0.6 is 27.5 Å². The number of amides is 2. The topological polar surface area (TPSA) is 111 Å². The molecule has 3 rings (SSSR count). The van der Waals surface area contributed by atoms with E-state index < -0.39 is 17.6 Å². The summed E-state index contributed by atoms with van der Waals surface area (Å²) in [4.78, 5) is 37.7. The van der Waals surface area contributed by atoms with Gasteiger partial charge in [0.25, 0.3) is 5.56 Å². The number of benzene rings is 2. The van der Waals surface area contributed by atoms with E-state index in [2.05, 4.69) is 31.5 Å². The second-order valence-electron chi connectivity index (χ2n) is 5.66. The van der Waals surface area contributed by atoms with Gasteiger partial charge < -0.3 is 20.7 Å². The van der Waals surface area contributed by atoms with Gasteiger partial charge in [0, 0.05) is 27.1 Å². The molecule has 0 aliphatic carbocycles. The van der Waals surface area contributed by atoms with Crippen LogP contribution in [0, 0.1) is 0 Å². The average molecular weight is 451 g/mol. The number of carboxylic acid groups (broad SMARTS) is 1. The van der Waals surface area contributed by atoms with E-state index in [-0.39, 0.29) is 12.1 Å². The van der Waals surface area contributed by atoms with Crippen molar-refractivity contribution in [2.75, 3.05) is 5.32 Å². The molecular formula is C18H13BrClN3O4. The lowest BCUT2D eigenvalue weighted by Gasteiger charge is -2.11. The molecule has 2 amide bonds. The van der Waals surface area contributed by atoms with Gasteiger partial charge in [0.1, 0.15) is 5.56 Å². The summed E-state index contributed by atoms with van der Waals surface area (Å²) in [7, 11) is 0.